The van der Waals surface area contributed by atoms with Crippen LogP contribution in [0.1, 0.15) is 32.4 Å². The zero-order valence-electron chi connectivity index (χ0n) is 8.87. The number of alkyl halides is 1. The van der Waals surface area contributed by atoms with Gasteiger partial charge in [0.1, 0.15) is 12.7 Å². The molecule has 0 aromatic carbocycles. The van der Waals surface area contributed by atoms with Crippen molar-refractivity contribution in [3.63, 3.8) is 0 Å². The molecule has 1 aromatic rings. The van der Waals surface area contributed by atoms with Gasteiger partial charge >= 0.3 is 0 Å². The number of rotatable bonds is 3. The van der Waals surface area contributed by atoms with Crippen molar-refractivity contribution in [1.29, 1.82) is 0 Å². The van der Waals surface area contributed by atoms with Crippen molar-refractivity contribution in [1.82, 2.24) is 9.78 Å². The molecule has 0 saturated carbocycles. The average molecular weight is 200 g/mol. The van der Waals surface area contributed by atoms with Crippen molar-refractivity contribution in [3.05, 3.63) is 18.0 Å². The van der Waals surface area contributed by atoms with E-state index in [0.717, 1.165) is 5.56 Å². The summed E-state index contributed by atoms with van der Waals surface area (Å²) in [5, 5.41) is 12.9. The van der Waals surface area contributed by atoms with Crippen LogP contribution in [0.25, 0.3) is 0 Å². The fourth-order valence-corrected chi connectivity index (χ4v) is 1.13. The first kappa shape index (κ1) is 11.2. The molecule has 3 nitrogen and oxygen atoms in total. The Morgan fingerprint density at radius 2 is 2.21 bits per heavy atom. The Labute approximate surface area is 83.6 Å². The van der Waals surface area contributed by atoms with Crippen molar-refractivity contribution in [2.24, 2.45) is 0 Å². The van der Waals surface area contributed by atoms with Crippen LogP contribution in [-0.2, 0) is 5.41 Å². The van der Waals surface area contributed by atoms with Crippen LogP contribution in [-0.4, -0.2) is 28.2 Å². The Kier molecular flexibility index (Phi) is 3.26. The maximum Gasteiger partial charge on any atom is 0.114 e. The molecule has 0 aliphatic rings. The molecule has 0 spiro atoms. The van der Waals surface area contributed by atoms with Gasteiger partial charge in [0.05, 0.1) is 12.8 Å². The minimum Gasteiger partial charge on any atom is -0.394 e. The lowest BCUT2D eigenvalue weighted by atomic mass is 9.90. The van der Waals surface area contributed by atoms with E-state index < -0.39 is 12.7 Å². The summed E-state index contributed by atoms with van der Waals surface area (Å²) in [5.41, 5.74) is 1.05. The molecular formula is C10H17FN2O. The second-order valence-electron chi connectivity index (χ2n) is 4.45. The van der Waals surface area contributed by atoms with Gasteiger partial charge in [0.15, 0.2) is 0 Å². The first-order valence-electron chi connectivity index (χ1n) is 4.70. The van der Waals surface area contributed by atoms with E-state index in [1.807, 2.05) is 0 Å². The molecule has 0 unspecified atom stereocenters. The first-order chi connectivity index (χ1) is 6.49. The molecule has 0 saturated heterocycles. The molecule has 0 radical (unpaired) electrons. The van der Waals surface area contributed by atoms with Gasteiger partial charge in [-0.05, 0) is 11.0 Å². The molecule has 0 aliphatic heterocycles. The topological polar surface area (TPSA) is 38.0 Å². The lowest BCUT2D eigenvalue weighted by Gasteiger charge is -2.15. The van der Waals surface area contributed by atoms with Gasteiger partial charge in [-0.1, -0.05) is 20.8 Å². The van der Waals surface area contributed by atoms with Gasteiger partial charge in [-0.25, -0.2) is 4.39 Å². The van der Waals surface area contributed by atoms with E-state index in [0.29, 0.717) is 0 Å². The van der Waals surface area contributed by atoms with Crippen LogP contribution < -0.4 is 0 Å². The summed E-state index contributed by atoms with van der Waals surface area (Å²) in [4.78, 5) is 0. The second kappa shape index (κ2) is 4.09. The molecule has 1 rings (SSSR count). The average Bonchev–Trinajstić information content (AvgIpc) is 2.54. The first-order valence-corrected chi connectivity index (χ1v) is 4.70. The summed E-state index contributed by atoms with van der Waals surface area (Å²) < 4.78 is 13.9. The fraction of sp³-hybridized carbons (Fsp3) is 0.700. The molecule has 0 fully saturated rings. The highest BCUT2D eigenvalue weighted by molar-refractivity contribution is 5.15. The van der Waals surface area contributed by atoms with Gasteiger partial charge in [-0.3, -0.25) is 4.68 Å². The summed E-state index contributed by atoms with van der Waals surface area (Å²) in [5.74, 6) is 0. The maximum atomic E-state index is 12.4. The van der Waals surface area contributed by atoms with E-state index in [-0.39, 0.29) is 12.0 Å². The lowest BCUT2D eigenvalue weighted by Crippen LogP contribution is -2.16. The van der Waals surface area contributed by atoms with Crippen LogP contribution in [0.15, 0.2) is 12.4 Å². The van der Waals surface area contributed by atoms with Crippen LogP contribution >= 0.6 is 0 Å². The van der Waals surface area contributed by atoms with Gasteiger partial charge in [0.25, 0.3) is 0 Å². The Morgan fingerprint density at radius 1 is 1.57 bits per heavy atom. The molecule has 80 valence electrons. The minimum absolute atomic E-state index is 0.00850. The standard InChI is InChI=1S/C10H17FN2O/c1-10(2,3)8-5-12-13(6-8)9(4-11)7-14/h5-6,9,14H,4,7H2,1-3H3/t9-/m1/s1. The van der Waals surface area contributed by atoms with Crippen molar-refractivity contribution < 1.29 is 9.50 Å². The highest BCUT2D eigenvalue weighted by Crippen LogP contribution is 2.22. The zero-order valence-corrected chi connectivity index (χ0v) is 8.87. The molecule has 4 heteroatoms. The fourth-order valence-electron chi connectivity index (χ4n) is 1.13. The van der Waals surface area contributed by atoms with Gasteiger partial charge in [0, 0.05) is 6.20 Å². The highest BCUT2D eigenvalue weighted by Gasteiger charge is 2.18. The van der Waals surface area contributed by atoms with Crippen LogP contribution in [0.5, 0.6) is 0 Å². The van der Waals surface area contributed by atoms with E-state index in [9.17, 15) is 4.39 Å². The largest absolute Gasteiger partial charge is 0.394 e. The van der Waals surface area contributed by atoms with Crippen molar-refractivity contribution in [2.45, 2.75) is 32.2 Å². The predicted octanol–water partition coefficient (Wildman–Crippen LogP) is 1.68. The normalized spacial score (nSPS) is 14.4. The maximum absolute atomic E-state index is 12.4. The number of nitrogens with zero attached hydrogens (tertiary/aromatic N) is 2. The summed E-state index contributed by atoms with van der Waals surface area (Å²) >= 11 is 0. The van der Waals surface area contributed by atoms with Crippen molar-refractivity contribution in [3.8, 4) is 0 Å². The summed E-state index contributed by atoms with van der Waals surface area (Å²) in [6.07, 6.45) is 3.51. The SMILES string of the molecule is CC(C)(C)c1cnn([C@@H](CO)CF)c1. The van der Waals surface area contributed by atoms with Crippen LogP contribution in [0.2, 0.25) is 0 Å². The van der Waals surface area contributed by atoms with Gasteiger partial charge < -0.3 is 5.11 Å². The Bertz CT molecular complexity index is 287. The van der Waals surface area contributed by atoms with Crippen LogP contribution in [0, 0.1) is 0 Å². The van der Waals surface area contributed by atoms with E-state index in [1.54, 1.807) is 12.4 Å². The Hall–Kier alpha value is -0.900. The third kappa shape index (κ3) is 2.32. The molecular weight excluding hydrogens is 183 g/mol. The summed E-state index contributed by atoms with van der Waals surface area (Å²) in [6.45, 7) is 5.39. The van der Waals surface area contributed by atoms with Crippen LogP contribution in [0.4, 0.5) is 4.39 Å². The number of aromatic nitrogens is 2. The van der Waals surface area contributed by atoms with E-state index in [1.165, 1.54) is 4.68 Å². The Balaban J connectivity index is 2.87. The van der Waals surface area contributed by atoms with Crippen LogP contribution in [0.3, 0.4) is 0 Å². The molecule has 1 N–H and O–H groups in total. The number of hydrogen-bond acceptors (Lipinski definition) is 2. The number of aliphatic hydroxyl groups is 1. The molecule has 0 aliphatic carbocycles. The molecule has 1 aromatic heterocycles. The van der Waals surface area contributed by atoms with Gasteiger partial charge in [-0.2, -0.15) is 5.10 Å². The summed E-state index contributed by atoms with van der Waals surface area (Å²) in [6, 6.07) is -0.550. The molecule has 1 heterocycles. The quantitative estimate of drug-likeness (QED) is 0.806. The lowest BCUT2D eigenvalue weighted by molar-refractivity contribution is 0.190. The third-order valence-corrected chi connectivity index (χ3v) is 2.23. The monoisotopic (exact) mass is 200 g/mol. The van der Waals surface area contributed by atoms with Crippen molar-refractivity contribution in [2.75, 3.05) is 13.3 Å². The predicted molar refractivity (Wildman–Crippen MR) is 53.0 cm³/mol. The van der Waals surface area contributed by atoms with E-state index >= 15 is 0 Å². The molecule has 0 bridgehead atoms. The van der Waals surface area contributed by atoms with E-state index in [2.05, 4.69) is 25.9 Å². The Morgan fingerprint density at radius 3 is 2.57 bits per heavy atom. The molecule has 1 atom stereocenters. The van der Waals surface area contributed by atoms with Gasteiger partial charge in [-0.15, -0.1) is 0 Å². The van der Waals surface area contributed by atoms with Gasteiger partial charge in [0.2, 0.25) is 0 Å². The summed E-state index contributed by atoms with van der Waals surface area (Å²) in [7, 11) is 0. The number of hydrogen-bond donors (Lipinski definition) is 1. The zero-order chi connectivity index (χ0) is 10.8. The number of halogens is 1. The molecule has 0 amide bonds. The third-order valence-electron chi connectivity index (χ3n) is 2.23. The molecule has 14 heavy (non-hydrogen) atoms. The minimum atomic E-state index is -0.595. The smallest absolute Gasteiger partial charge is 0.114 e. The van der Waals surface area contributed by atoms with Crippen molar-refractivity contribution >= 4 is 0 Å². The number of aliphatic hydroxyl groups excluding tert-OH is 1. The van der Waals surface area contributed by atoms with E-state index in [4.69, 9.17) is 5.11 Å². The second-order valence-corrected chi connectivity index (χ2v) is 4.45. The highest BCUT2D eigenvalue weighted by atomic mass is 19.1.